The minimum absolute atomic E-state index is 0.311. The highest BCUT2D eigenvalue weighted by Crippen LogP contribution is 2.18. The van der Waals surface area contributed by atoms with Crippen molar-refractivity contribution in [2.75, 3.05) is 0 Å². The van der Waals surface area contributed by atoms with E-state index in [0.717, 1.165) is 5.56 Å². The van der Waals surface area contributed by atoms with E-state index in [4.69, 9.17) is 0 Å². The lowest BCUT2D eigenvalue weighted by molar-refractivity contribution is 0.0955. The quantitative estimate of drug-likeness (QED) is 0.313. The standard InChI is InChI=1S/C19H15FN4OS/c20-17-8-4-14(5-9-17)12-23-24-18(25)16-6-2-15(3-7-16)13-26-19-21-10-1-11-22-19/h1-12H,13H2,(H,24,25)/b23-12-. The van der Waals surface area contributed by atoms with Crippen LogP contribution in [-0.2, 0) is 5.75 Å². The van der Waals surface area contributed by atoms with Gasteiger partial charge < -0.3 is 0 Å². The number of aromatic nitrogens is 2. The van der Waals surface area contributed by atoms with Crippen LogP contribution in [0.1, 0.15) is 21.5 Å². The molecule has 0 aliphatic rings. The predicted molar refractivity (Wildman–Crippen MR) is 99.5 cm³/mol. The SMILES string of the molecule is O=C(N/N=C\c1ccc(F)cc1)c1ccc(CSc2ncccn2)cc1. The summed E-state index contributed by atoms with van der Waals surface area (Å²) in [4.78, 5) is 20.4. The smallest absolute Gasteiger partial charge is 0.267 e. The Balaban J connectivity index is 1.52. The summed E-state index contributed by atoms with van der Waals surface area (Å²) in [6.07, 6.45) is 4.87. The molecule has 1 heterocycles. The second kappa shape index (κ2) is 8.87. The van der Waals surface area contributed by atoms with Gasteiger partial charge in [-0.3, -0.25) is 4.79 Å². The molecule has 1 aromatic heterocycles. The molecular formula is C19H15FN4OS. The Labute approximate surface area is 154 Å². The summed E-state index contributed by atoms with van der Waals surface area (Å²) < 4.78 is 12.8. The number of nitrogens with one attached hydrogen (secondary N) is 1. The third kappa shape index (κ3) is 5.22. The van der Waals surface area contributed by atoms with Crippen LogP contribution in [0.15, 0.2) is 77.2 Å². The van der Waals surface area contributed by atoms with Gasteiger partial charge in [-0.05, 0) is 41.5 Å². The molecule has 1 amide bonds. The number of nitrogens with zero attached hydrogens (tertiary/aromatic N) is 3. The summed E-state index contributed by atoms with van der Waals surface area (Å²) >= 11 is 1.53. The molecular weight excluding hydrogens is 351 g/mol. The first kappa shape index (κ1) is 17.8. The number of benzene rings is 2. The fraction of sp³-hybridized carbons (Fsp3) is 0.0526. The van der Waals surface area contributed by atoms with Gasteiger partial charge in [0.15, 0.2) is 5.16 Å². The Morgan fingerprint density at radius 1 is 1.08 bits per heavy atom. The van der Waals surface area contributed by atoms with Crippen LogP contribution in [0, 0.1) is 5.82 Å². The van der Waals surface area contributed by atoms with Gasteiger partial charge in [-0.25, -0.2) is 19.8 Å². The van der Waals surface area contributed by atoms with Gasteiger partial charge in [-0.2, -0.15) is 5.10 Å². The van der Waals surface area contributed by atoms with Crippen molar-refractivity contribution < 1.29 is 9.18 Å². The number of rotatable bonds is 6. The second-order valence-electron chi connectivity index (χ2n) is 5.27. The lowest BCUT2D eigenvalue weighted by atomic mass is 10.1. The number of thioether (sulfide) groups is 1. The van der Waals surface area contributed by atoms with Crippen molar-refractivity contribution in [2.24, 2.45) is 5.10 Å². The minimum atomic E-state index is -0.316. The minimum Gasteiger partial charge on any atom is -0.267 e. The number of halogens is 1. The number of hydrogen-bond donors (Lipinski definition) is 1. The van der Waals surface area contributed by atoms with Gasteiger partial charge in [0.25, 0.3) is 5.91 Å². The van der Waals surface area contributed by atoms with Crippen LogP contribution in [0.5, 0.6) is 0 Å². The molecule has 0 bridgehead atoms. The first-order valence-corrected chi connectivity index (χ1v) is 8.77. The summed E-state index contributed by atoms with van der Waals surface area (Å²) in [6, 6.07) is 14.8. The fourth-order valence-electron chi connectivity index (χ4n) is 2.04. The highest BCUT2D eigenvalue weighted by molar-refractivity contribution is 7.98. The Hall–Kier alpha value is -3.06. The van der Waals surface area contributed by atoms with Crippen molar-refractivity contribution in [2.45, 2.75) is 10.9 Å². The lowest BCUT2D eigenvalue weighted by Crippen LogP contribution is -2.17. The fourth-order valence-corrected chi connectivity index (χ4v) is 2.80. The van der Waals surface area contributed by atoms with Gasteiger partial charge in [0.05, 0.1) is 6.21 Å². The van der Waals surface area contributed by atoms with E-state index < -0.39 is 0 Å². The number of amides is 1. The van der Waals surface area contributed by atoms with Crippen LogP contribution < -0.4 is 5.43 Å². The second-order valence-corrected chi connectivity index (χ2v) is 6.21. The molecule has 26 heavy (non-hydrogen) atoms. The Bertz CT molecular complexity index is 884. The van der Waals surface area contributed by atoms with E-state index in [1.54, 1.807) is 42.7 Å². The molecule has 5 nitrogen and oxygen atoms in total. The third-order valence-electron chi connectivity index (χ3n) is 3.38. The van der Waals surface area contributed by atoms with Gasteiger partial charge in [0, 0.05) is 23.7 Å². The van der Waals surface area contributed by atoms with Crippen molar-refractivity contribution >= 4 is 23.9 Å². The van der Waals surface area contributed by atoms with E-state index >= 15 is 0 Å². The summed E-state index contributed by atoms with van der Waals surface area (Å²) in [7, 11) is 0. The van der Waals surface area contributed by atoms with Crippen LogP contribution in [0.25, 0.3) is 0 Å². The number of hydrazone groups is 1. The van der Waals surface area contributed by atoms with E-state index in [9.17, 15) is 9.18 Å². The largest absolute Gasteiger partial charge is 0.271 e. The van der Waals surface area contributed by atoms with Crippen LogP contribution in [0.2, 0.25) is 0 Å². The molecule has 2 aromatic carbocycles. The summed E-state index contributed by atoms with van der Waals surface area (Å²) in [5.41, 5.74) is 4.72. The molecule has 0 atom stereocenters. The lowest BCUT2D eigenvalue weighted by Gasteiger charge is -2.03. The van der Waals surface area contributed by atoms with E-state index in [1.807, 2.05) is 12.1 Å². The molecule has 0 radical (unpaired) electrons. The molecule has 0 saturated carbocycles. The number of hydrogen-bond acceptors (Lipinski definition) is 5. The topological polar surface area (TPSA) is 67.2 Å². The van der Waals surface area contributed by atoms with Crippen molar-refractivity contribution in [3.63, 3.8) is 0 Å². The van der Waals surface area contributed by atoms with E-state index in [2.05, 4.69) is 20.5 Å². The van der Waals surface area contributed by atoms with Crippen LogP contribution in [-0.4, -0.2) is 22.1 Å². The molecule has 0 spiro atoms. The first-order valence-electron chi connectivity index (χ1n) is 7.78. The summed E-state index contributed by atoms with van der Waals surface area (Å²) in [5, 5.41) is 4.59. The molecule has 1 N–H and O–H groups in total. The van der Waals surface area contributed by atoms with Gasteiger partial charge in [-0.15, -0.1) is 0 Å². The monoisotopic (exact) mass is 366 g/mol. The first-order chi connectivity index (χ1) is 12.7. The van der Waals surface area contributed by atoms with E-state index in [1.165, 1.54) is 30.1 Å². The number of carbonyl (C=O) groups is 1. The average Bonchev–Trinajstić information content (AvgIpc) is 2.69. The average molecular weight is 366 g/mol. The Morgan fingerprint density at radius 3 is 2.46 bits per heavy atom. The number of carbonyl (C=O) groups excluding carboxylic acids is 1. The highest BCUT2D eigenvalue weighted by Gasteiger charge is 2.05. The predicted octanol–water partition coefficient (Wildman–Crippen LogP) is 3.67. The molecule has 0 aliphatic heterocycles. The van der Waals surface area contributed by atoms with Crippen LogP contribution in [0.4, 0.5) is 4.39 Å². The van der Waals surface area contributed by atoms with Crippen LogP contribution >= 0.6 is 11.8 Å². The van der Waals surface area contributed by atoms with E-state index in [-0.39, 0.29) is 11.7 Å². The van der Waals surface area contributed by atoms with Crippen molar-refractivity contribution in [1.82, 2.24) is 15.4 Å². The molecule has 0 unspecified atom stereocenters. The van der Waals surface area contributed by atoms with E-state index in [0.29, 0.717) is 22.0 Å². The van der Waals surface area contributed by atoms with Crippen molar-refractivity contribution in [1.29, 1.82) is 0 Å². The maximum absolute atomic E-state index is 12.8. The van der Waals surface area contributed by atoms with Gasteiger partial charge in [0.2, 0.25) is 0 Å². The zero-order chi connectivity index (χ0) is 18.2. The maximum Gasteiger partial charge on any atom is 0.271 e. The summed E-state index contributed by atoms with van der Waals surface area (Å²) in [5.74, 6) is 0.0893. The normalized spacial score (nSPS) is 10.8. The molecule has 0 fully saturated rings. The van der Waals surface area contributed by atoms with Crippen molar-refractivity contribution in [3.8, 4) is 0 Å². The molecule has 7 heteroatoms. The Kier molecular flexibility index (Phi) is 6.05. The zero-order valence-electron chi connectivity index (χ0n) is 13.7. The zero-order valence-corrected chi connectivity index (χ0v) is 14.5. The molecule has 130 valence electrons. The summed E-state index contributed by atoms with van der Waals surface area (Å²) in [6.45, 7) is 0. The molecule has 0 aliphatic carbocycles. The molecule has 0 saturated heterocycles. The van der Waals surface area contributed by atoms with Gasteiger partial charge in [0.1, 0.15) is 5.82 Å². The van der Waals surface area contributed by atoms with Gasteiger partial charge >= 0.3 is 0 Å². The Morgan fingerprint density at radius 2 is 1.77 bits per heavy atom. The molecule has 3 aromatic rings. The highest BCUT2D eigenvalue weighted by atomic mass is 32.2. The molecule has 3 rings (SSSR count). The van der Waals surface area contributed by atoms with Gasteiger partial charge in [-0.1, -0.05) is 36.0 Å². The third-order valence-corrected chi connectivity index (χ3v) is 4.32. The van der Waals surface area contributed by atoms with Crippen molar-refractivity contribution in [3.05, 3.63) is 89.5 Å². The maximum atomic E-state index is 12.8. The van der Waals surface area contributed by atoms with Crippen LogP contribution in [0.3, 0.4) is 0 Å².